The molecule has 0 aliphatic carbocycles. The second-order valence-corrected chi connectivity index (χ2v) is 14.7. The highest BCUT2D eigenvalue weighted by Gasteiger charge is 2.14. The Morgan fingerprint density at radius 2 is 0.940 bits per heavy atom. The van der Waals surface area contributed by atoms with E-state index in [1.165, 1.54) is 122 Å². The molecule has 0 fully saturated rings. The van der Waals surface area contributed by atoms with E-state index in [1.807, 2.05) is 0 Å². The van der Waals surface area contributed by atoms with Gasteiger partial charge in [0.25, 0.3) is 0 Å². The van der Waals surface area contributed by atoms with Crippen LogP contribution in [0.3, 0.4) is 0 Å². The predicted molar refractivity (Wildman–Crippen MR) is 214 cm³/mol. The summed E-state index contributed by atoms with van der Waals surface area (Å²) in [5, 5.41) is 0. The molecule has 0 rings (SSSR count). The van der Waals surface area contributed by atoms with E-state index in [0.29, 0.717) is 19.6 Å². The van der Waals surface area contributed by atoms with Gasteiger partial charge in [0.2, 0.25) is 0 Å². The van der Waals surface area contributed by atoms with Gasteiger partial charge >= 0.3 is 12.1 Å². The average molecular weight is 708 g/mol. The zero-order valence-electron chi connectivity index (χ0n) is 34.0. The number of carbonyl (C=O) groups excluding carboxylic acids is 2. The Morgan fingerprint density at radius 1 is 0.480 bits per heavy atom. The van der Waals surface area contributed by atoms with Crippen LogP contribution in [0, 0.1) is 0 Å². The first kappa shape index (κ1) is 48.4. The Morgan fingerprint density at radius 3 is 1.52 bits per heavy atom. The topological polar surface area (TPSA) is 65.1 Å². The zero-order valence-corrected chi connectivity index (χ0v) is 34.0. The van der Waals surface area contributed by atoms with Crippen LogP contribution in [0.15, 0.2) is 12.2 Å². The summed E-state index contributed by atoms with van der Waals surface area (Å²) in [5.41, 5.74) is 0. The maximum absolute atomic E-state index is 12.7. The van der Waals surface area contributed by atoms with Gasteiger partial charge in [-0.15, -0.1) is 0 Å². The molecule has 6 heteroatoms. The largest absolute Gasteiger partial charge is 0.508 e. The summed E-state index contributed by atoms with van der Waals surface area (Å²) < 4.78 is 16.5. The van der Waals surface area contributed by atoms with Gasteiger partial charge in [-0.3, -0.25) is 4.79 Å². The second kappa shape index (κ2) is 40.2. The first-order chi connectivity index (χ1) is 24.6. The summed E-state index contributed by atoms with van der Waals surface area (Å²) in [7, 11) is 0. The minimum atomic E-state index is -0.530. The quantitative estimate of drug-likeness (QED) is 0.0360. The lowest BCUT2D eigenvalue weighted by atomic mass is 10.0. The van der Waals surface area contributed by atoms with Crippen LogP contribution in [0.2, 0.25) is 0 Å². The fraction of sp³-hybridized carbons (Fsp3) is 0.909. The summed E-state index contributed by atoms with van der Waals surface area (Å²) in [4.78, 5) is 27.1. The van der Waals surface area contributed by atoms with Crippen LogP contribution in [-0.2, 0) is 19.0 Å². The van der Waals surface area contributed by atoms with Gasteiger partial charge in [0.15, 0.2) is 0 Å². The number of ether oxygens (including phenoxy) is 3. The second-order valence-electron chi connectivity index (χ2n) is 14.7. The van der Waals surface area contributed by atoms with Gasteiger partial charge in [-0.25, -0.2) is 4.79 Å². The molecule has 0 atom stereocenters. The van der Waals surface area contributed by atoms with Crippen molar-refractivity contribution in [1.82, 2.24) is 4.90 Å². The Balaban J connectivity index is 3.98. The van der Waals surface area contributed by atoms with Gasteiger partial charge in [0, 0.05) is 6.42 Å². The monoisotopic (exact) mass is 708 g/mol. The zero-order chi connectivity index (χ0) is 36.6. The molecule has 6 nitrogen and oxygen atoms in total. The molecule has 0 aromatic carbocycles. The third kappa shape index (κ3) is 36.2. The lowest BCUT2D eigenvalue weighted by Crippen LogP contribution is -2.27. The van der Waals surface area contributed by atoms with E-state index in [4.69, 9.17) is 14.2 Å². The molecule has 0 aliphatic heterocycles. The van der Waals surface area contributed by atoms with Crippen LogP contribution in [0.5, 0.6) is 0 Å². The molecule has 0 spiro atoms. The van der Waals surface area contributed by atoms with Crippen molar-refractivity contribution in [2.75, 3.05) is 32.8 Å². The van der Waals surface area contributed by atoms with Gasteiger partial charge in [0.1, 0.15) is 6.10 Å². The van der Waals surface area contributed by atoms with Gasteiger partial charge < -0.3 is 19.1 Å². The van der Waals surface area contributed by atoms with E-state index in [2.05, 4.69) is 44.7 Å². The van der Waals surface area contributed by atoms with Gasteiger partial charge in [0.05, 0.1) is 13.2 Å². The third-order valence-electron chi connectivity index (χ3n) is 9.67. The number of hydrogen-bond donors (Lipinski definition) is 0. The van der Waals surface area contributed by atoms with E-state index in [0.717, 1.165) is 83.8 Å². The molecule has 0 bridgehead atoms. The lowest BCUT2D eigenvalue weighted by molar-refractivity contribution is -0.150. The van der Waals surface area contributed by atoms with Crippen LogP contribution in [0.4, 0.5) is 4.79 Å². The molecule has 0 aliphatic rings. The average Bonchev–Trinajstić information content (AvgIpc) is 3.11. The molecular weight excluding hydrogens is 622 g/mol. The van der Waals surface area contributed by atoms with Crippen molar-refractivity contribution in [3.8, 4) is 0 Å². The minimum absolute atomic E-state index is 0.0276. The van der Waals surface area contributed by atoms with Crippen molar-refractivity contribution in [1.29, 1.82) is 0 Å². The molecule has 0 N–H and O–H groups in total. The molecule has 296 valence electrons. The number of nitrogens with zero attached hydrogens (tertiary/aromatic N) is 1. The van der Waals surface area contributed by atoms with E-state index < -0.39 is 6.16 Å². The molecular formula is C44H85NO5. The molecule has 0 amide bonds. The summed E-state index contributed by atoms with van der Waals surface area (Å²) >= 11 is 0. The first-order valence-corrected chi connectivity index (χ1v) is 21.9. The Hall–Kier alpha value is -1.56. The number of rotatable bonds is 39. The number of carbonyl (C=O) groups is 2. The lowest BCUT2D eigenvalue weighted by Gasteiger charge is -2.21. The molecule has 0 aromatic heterocycles. The number of esters is 1. The molecule has 0 saturated heterocycles. The summed E-state index contributed by atoms with van der Waals surface area (Å²) in [6, 6.07) is 0. The van der Waals surface area contributed by atoms with Crippen LogP contribution >= 0.6 is 0 Å². The molecule has 0 saturated carbocycles. The Labute approximate surface area is 311 Å². The smallest absolute Gasteiger partial charge is 0.462 e. The highest BCUT2D eigenvalue weighted by Crippen LogP contribution is 2.18. The summed E-state index contributed by atoms with van der Waals surface area (Å²) in [6.45, 7) is 13.3. The fourth-order valence-electron chi connectivity index (χ4n) is 6.51. The highest BCUT2D eigenvalue weighted by atomic mass is 16.7. The number of allylic oxidation sites excluding steroid dienone is 2. The van der Waals surface area contributed by atoms with Crippen LogP contribution in [-0.4, -0.2) is 56.0 Å². The van der Waals surface area contributed by atoms with E-state index >= 15 is 0 Å². The van der Waals surface area contributed by atoms with Crippen molar-refractivity contribution >= 4 is 12.1 Å². The summed E-state index contributed by atoms with van der Waals surface area (Å²) in [5.74, 6) is 0.0276. The molecule has 0 radical (unpaired) electrons. The van der Waals surface area contributed by atoms with Crippen molar-refractivity contribution < 1.29 is 23.8 Å². The van der Waals surface area contributed by atoms with Gasteiger partial charge in [-0.2, -0.15) is 0 Å². The normalized spacial score (nSPS) is 11.6. The Bertz CT molecular complexity index is 726. The Kier molecular flexibility index (Phi) is 39.0. The van der Waals surface area contributed by atoms with Crippen molar-refractivity contribution in [2.45, 2.75) is 226 Å². The van der Waals surface area contributed by atoms with Crippen LogP contribution < -0.4 is 0 Å². The van der Waals surface area contributed by atoms with Crippen LogP contribution in [0.25, 0.3) is 0 Å². The number of unbranched alkanes of at least 4 members (excludes halogenated alkanes) is 20. The highest BCUT2D eigenvalue weighted by molar-refractivity contribution is 5.69. The molecule has 50 heavy (non-hydrogen) atoms. The maximum Gasteiger partial charge on any atom is 0.508 e. The van der Waals surface area contributed by atoms with Crippen molar-refractivity contribution in [2.24, 2.45) is 0 Å². The third-order valence-corrected chi connectivity index (χ3v) is 9.67. The van der Waals surface area contributed by atoms with E-state index in [9.17, 15) is 9.59 Å². The molecule has 0 unspecified atom stereocenters. The number of hydrogen-bond acceptors (Lipinski definition) is 6. The SMILES string of the molecule is CCCCC/C=C\CCCOC(=O)OCCCCCN(CCC)CCCCCCCC(=O)OC(CCCCCCCC)CCCCCCCC. The van der Waals surface area contributed by atoms with E-state index in [-0.39, 0.29) is 12.1 Å². The van der Waals surface area contributed by atoms with E-state index in [1.54, 1.807) is 0 Å². The van der Waals surface area contributed by atoms with Gasteiger partial charge in [-0.1, -0.05) is 136 Å². The van der Waals surface area contributed by atoms with Gasteiger partial charge in [-0.05, 0) is 110 Å². The predicted octanol–water partition coefficient (Wildman–Crippen LogP) is 13.7. The first-order valence-electron chi connectivity index (χ1n) is 21.9. The fourth-order valence-corrected chi connectivity index (χ4v) is 6.51. The summed E-state index contributed by atoms with van der Waals surface area (Å²) in [6.07, 6.45) is 38.8. The van der Waals surface area contributed by atoms with Crippen LogP contribution in [0.1, 0.15) is 220 Å². The van der Waals surface area contributed by atoms with Crippen molar-refractivity contribution in [3.63, 3.8) is 0 Å². The standard InChI is InChI=1S/C44H85NO5/c1-5-9-12-15-18-19-25-32-40-48-44(47)49-41-33-26-31-39-45(37-8-4)38-30-24-20-23-29-36-43(46)50-42(34-27-21-16-13-10-6-2)35-28-22-17-14-11-7-3/h18-19,42H,5-17,20-41H2,1-4H3/b19-18-. The molecule has 0 heterocycles. The van der Waals surface area contributed by atoms with Crippen molar-refractivity contribution in [3.05, 3.63) is 12.2 Å². The molecule has 0 aromatic rings. The minimum Gasteiger partial charge on any atom is -0.462 e. The maximum atomic E-state index is 12.7.